The molecule has 0 amide bonds. The van der Waals surface area contributed by atoms with E-state index in [0.29, 0.717) is 18.2 Å². The number of benzene rings is 2. The number of aromatic nitrogens is 2. The van der Waals surface area contributed by atoms with E-state index in [-0.39, 0.29) is 34.9 Å². The van der Waals surface area contributed by atoms with Crippen LogP contribution in [-0.4, -0.2) is 42.5 Å². The number of carbonyl (C=O) groups is 2. The van der Waals surface area contributed by atoms with E-state index in [9.17, 15) is 18.4 Å². The zero-order valence-corrected chi connectivity index (χ0v) is 17.1. The molecule has 0 aliphatic carbocycles. The first kappa shape index (κ1) is 21.9. The number of nitrogens with zero attached hydrogens (tertiary/aromatic N) is 2. The van der Waals surface area contributed by atoms with E-state index in [1.807, 2.05) is 6.92 Å². The maximum absolute atomic E-state index is 14.6. The summed E-state index contributed by atoms with van der Waals surface area (Å²) in [6, 6.07) is 10.1. The molecule has 0 atom stereocenters. The molecule has 1 aromatic heterocycles. The molecule has 7 nitrogen and oxygen atoms in total. The van der Waals surface area contributed by atoms with Gasteiger partial charge in [0.25, 0.3) is 0 Å². The molecule has 0 saturated heterocycles. The van der Waals surface area contributed by atoms with Crippen LogP contribution in [0, 0.1) is 11.6 Å². The molecule has 0 aliphatic heterocycles. The van der Waals surface area contributed by atoms with Crippen LogP contribution in [0.1, 0.15) is 34.2 Å². The average molecular weight is 430 g/mol. The molecule has 9 heteroatoms. The van der Waals surface area contributed by atoms with Gasteiger partial charge in [-0.05, 0) is 24.6 Å². The predicted molar refractivity (Wildman–Crippen MR) is 107 cm³/mol. The second-order valence-electron chi connectivity index (χ2n) is 6.42. The van der Waals surface area contributed by atoms with Gasteiger partial charge in [0.15, 0.2) is 17.3 Å². The monoisotopic (exact) mass is 430 g/mol. The van der Waals surface area contributed by atoms with Crippen molar-refractivity contribution in [3.63, 3.8) is 0 Å². The van der Waals surface area contributed by atoms with Crippen molar-refractivity contribution in [2.45, 2.75) is 13.3 Å². The Morgan fingerprint density at radius 3 is 2.32 bits per heavy atom. The Morgan fingerprint density at radius 1 is 1.03 bits per heavy atom. The minimum atomic E-state index is -0.965. The number of esters is 2. The van der Waals surface area contributed by atoms with Crippen molar-refractivity contribution >= 4 is 11.9 Å². The van der Waals surface area contributed by atoms with Crippen LogP contribution in [-0.2, 0) is 9.47 Å². The molecule has 3 rings (SSSR count). The quantitative estimate of drug-likeness (QED) is 0.523. The highest BCUT2D eigenvalue weighted by atomic mass is 19.1. The first-order valence-electron chi connectivity index (χ1n) is 9.40. The van der Waals surface area contributed by atoms with Crippen LogP contribution in [0.3, 0.4) is 0 Å². The number of para-hydroxylation sites is 1. The standard InChI is InChI=1S/C22H20F2N2O5/c1-4-10-31-20-15(11-13(23)12-16(20)24)18-17(21(27)29-2)19(22(28)30-3)26(25-18)14-8-6-5-7-9-14/h5-9,11-12H,4,10H2,1-3H3. The lowest BCUT2D eigenvalue weighted by atomic mass is 10.0. The van der Waals surface area contributed by atoms with Crippen LogP contribution >= 0.6 is 0 Å². The Morgan fingerprint density at radius 2 is 1.71 bits per heavy atom. The molecule has 0 N–H and O–H groups in total. The summed E-state index contributed by atoms with van der Waals surface area (Å²) in [5.41, 5.74) is -0.440. The van der Waals surface area contributed by atoms with E-state index < -0.39 is 23.6 Å². The summed E-state index contributed by atoms with van der Waals surface area (Å²) in [5, 5.41) is 4.34. The van der Waals surface area contributed by atoms with E-state index in [2.05, 4.69) is 5.10 Å². The van der Waals surface area contributed by atoms with Crippen molar-refractivity contribution in [3.05, 3.63) is 65.4 Å². The van der Waals surface area contributed by atoms with E-state index in [4.69, 9.17) is 14.2 Å². The van der Waals surface area contributed by atoms with Crippen LogP contribution < -0.4 is 4.74 Å². The fourth-order valence-corrected chi connectivity index (χ4v) is 3.03. The van der Waals surface area contributed by atoms with Gasteiger partial charge in [-0.1, -0.05) is 25.1 Å². The summed E-state index contributed by atoms with van der Waals surface area (Å²) in [4.78, 5) is 25.3. The second-order valence-corrected chi connectivity index (χ2v) is 6.42. The highest BCUT2D eigenvalue weighted by molar-refractivity contribution is 6.07. The highest BCUT2D eigenvalue weighted by Crippen LogP contribution is 2.37. The third-order valence-electron chi connectivity index (χ3n) is 4.37. The van der Waals surface area contributed by atoms with Crippen LogP contribution in [0.5, 0.6) is 5.75 Å². The van der Waals surface area contributed by atoms with Crippen molar-refractivity contribution in [2.24, 2.45) is 0 Å². The van der Waals surface area contributed by atoms with E-state index in [1.165, 1.54) is 4.68 Å². The van der Waals surface area contributed by atoms with E-state index >= 15 is 0 Å². The first-order valence-corrected chi connectivity index (χ1v) is 9.40. The molecule has 31 heavy (non-hydrogen) atoms. The minimum absolute atomic E-state index is 0.133. The van der Waals surface area contributed by atoms with Gasteiger partial charge in [-0.25, -0.2) is 23.1 Å². The molecule has 162 valence electrons. The van der Waals surface area contributed by atoms with Gasteiger partial charge in [-0.2, -0.15) is 5.10 Å². The highest BCUT2D eigenvalue weighted by Gasteiger charge is 2.33. The van der Waals surface area contributed by atoms with Gasteiger partial charge in [0.1, 0.15) is 17.1 Å². The molecule has 3 aromatic rings. The third-order valence-corrected chi connectivity index (χ3v) is 4.37. The van der Waals surface area contributed by atoms with Gasteiger partial charge < -0.3 is 14.2 Å². The molecule has 0 spiro atoms. The molecule has 0 radical (unpaired) electrons. The van der Waals surface area contributed by atoms with Gasteiger partial charge in [0.05, 0.1) is 32.1 Å². The minimum Gasteiger partial charge on any atom is -0.490 e. The van der Waals surface area contributed by atoms with Gasteiger partial charge in [-0.3, -0.25) is 0 Å². The van der Waals surface area contributed by atoms with Gasteiger partial charge in [-0.15, -0.1) is 0 Å². The molecule has 0 unspecified atom stereocenters. The Bertz CT molecular complexity index is 1110. The molecule has 0 aliphatic rings. The van der Waals surface area contributed by atoms with Crippen molar-refractivity contribution < 1.29 is 32.6 Å². The maximum Gasteiger partial charge on any atom is 0.357 e. The Kier molecular flexibility index (Phi) is 6.64. The second kappa shape index (κ2) is 9.38. The zero-order chi connectivity index (χ0) is 22.5. The molecule has 1 heterocycles. The largest absolute Gasteiger partial charge is 0.490 e. The first-order chi connectivity index (χ1) is 14.9. The topological polar surface area (TPSA) is 79.7 Å². The molecule has 0 saturated carbocycles. The Labute approximate surface area is 177 Å². The van der Waals surface area contributed by atoms with Crippen LogP contribution in [0.25, 0.3) is 16.9 Å². The number of ether oxygens (including phenoxy) is 3. The number of carbonyl (C=O) groups excluding carboxylic acids is 2. The number of methoxy groups -OCH3 is 2. The van der Waals surface area contributed by atoms with Crippen LogP contribution in [0.4, 0.5) is 8.78 Å². The Balaban J connectivity index is 2.40. The lowest BCUT2D eigenvalue weighted by Crippen LogP contribution is -2.15. The molecular weight excluding hydrogens is 410 g/mol. The lowest BCUT2D eigenvalue weighted by molar-refractivity contribution is 0.0549. The number of rotatable bonds is 7. The van der Waals surface area contributed by atoms with Crippen LogP contribution in [0.2, 0.25) is 0 Å². The fourth-order valence-electron chi connectivity index (χ4n) is 3.03. The maximum atomic E-state index is 14.6. The summed E-state index contributed by atoms with van der Waals surface area (Å²) < 4.78 is 45.0. The number of halogens is 2. The summed E-state index contributed by atoms with van der Waals surface area (Å²) in [5.74, 6) is -3.96. The summed E-state index contributed by atoms with van der Waals surface area (Å²) >= 11 is 0. The normalized spacial score (nSPS) is 10.6. The summed E-state index contributed by atoms with van der Waals surface area (Å²) in [6.07, 6.45) is 0.561. The van der Waals surface area contributed by atoms with Gasteiger partial charge >= 0.3 is 11.9 Å². The van der Waals surface area contributed by atoms with Crippen molar-refractivity contribution in [1.29, 1.82) is 0 Å². The predicted octanol–water partition coefficient (Wildman–Crippen LogP) is 4.18. The number of hydrogen-bond acceptors (Lipinski definition) is 6. The van der Waals surface area contributed by atoms with Crippen molar-refractivity contribution in [3.8, 4) is 22.7 Å². The van der Waals surface area contributed by atoms with Crippen molar-refractivity contribution in [2.75, 3.05) is 20.8 Å². The molecule has 2 aromatic carbocycles. The SMILES string of the molecule is CCCOc1c(F)cc(F)cc1-c1nn(-c2ccccc2)c(C(=O)OC)c1C(=O)OC. The van der Waals surface area contributed by atoms with Gasteiger partial charge in [0, 0.05) is 6.07 Å². The van der Waals surface area contributed by atoms with Crippen molar-refractivity contribution in [1.82, 2.24) is 9.78 Å². The summed E-state index contributed by atoms with van der Waals surface area (Å²) in [6.45, 7) is 1.97. The Hall–Kier alpha value is -3.75. The smallest absolute Gasteiger partial charge is 0.357 e. The lowest BCUT2D eigenvalue weighted by Gasteiger charge is -2.12. The molecular formula is C22H20F2N2O5. The summed E-state index contributed by atoms with van der Waals surface area (Å²) in [7, 11) is 2.26. The fraction of sp³-hybridized carbons (Fsp3) is 0.227. The van der Waals surface area contributed by atoms with Gasteiger partial charge in [0.2, 0.25) is 0 Å². The zero-order valence-electron chi connectivity index (χ0n) is 17.1. The van der Waals surface area contributed by atoms with E-state index in [0.717, 1.165) is 20.3 Å². The average Bonchev–Trinajstić information content (AvgIpc) is 3.18. The molecule has 0 fully saturated rings. The van der Waals surface area contributed by atoms with Crippen LogP contribution in [0.15, 0.2) is 42.5 Å². The third kappa shape index (κ3) is 4.25. The number of hydrogen-bond donors (Lipinski definition) is 0. The molecule has 0 bridgehead atoms. The van der Waals surface area contributed by atoms with E-state index in [1.54, 1.807) is 30.3 Å².